The molecule has 0 heterocycles. The highest BCUT2D eigenvalue weighted by Gasteiger charge is 2.35. The molecular weight excluding hydrogens is 345 g/mol. The van der Waals surface area contributed by atoms with E-state index in [1.807, 2.05) is 6.07 Å². The summed E-state index contributed by atoms with van der Waals surface area (Å²) in [7, 11) is 0. The van der Waals surface area contributed by atoms with Gasteiger partial charge in [0.25, 0.3) is 0 Å². The van der Waals surface area contributed by atoms with Crippen molar-refractivity contribution >= 4 is 0 Å². The second-order valence-electron chi connectivity index (χ2n) is 8.49. The van der Waals surface area contributed by atoms with E-state index in [9.17, 15) is 13.2 Å². The highest BCUT2D eigenvalue weighted by molar-refractivity contribution is 5.64. The van der Waals surface area contributed by atoms with Crippen LogP contribution in [-0.4, -0.2) is 0 Å². The van der Waals surface area contributed by atoms with Gasteiger partial charge in [-0.05, 0) is 85.1 Å². The lowest BCUT2D eigenvalue weighted by Crippen LogP contribution is -2.30. The van der Waals surface area contributed by atoms with Crippen molar-refractivity contribution in [2.24, 2.45) is 17.8 Å². The fraction of sp³-hybridized carbons (Fsp3) is 0.500. The van der Waals surface area contributed by atoms with Crippen molar-refractivity contribution in [3.63, 3.8) is 0 Å². The third-order valence-corrected chi connectivity index (χ3v) is 6.99. The van der Waals surface area contributed by atoms with Crippen LogP contribution in [0, 0.1) is 35.2 Å². The van der Waals surface area contributed by atoms with Gasteiger partial charge < -0.3 is 0 Å². The highest BCUT2D eigenvalue weighted by atomic mass is 19.2. The number of benzene rings is 2. The lowest BCUT2D eigenvalue weighted by Gasteiger charge is -2.42. The van der Waals surface area contributed by atoms with Gasteiger partial charge in [-0.25, -0.2) is 13.2 Å². The summed E-state index contributed by atoms with van der Waals surface area (Å²) >= 11 is 0. The molecule has 0 bridgehead atoms. The Hall–Kier alpha value is -1.77. The zero-order valence-corrected chi connectivity index (χ0v) is 15.9. The summed E-state index contributed by atoms with van der Waals surface area (Å²) in [5.41, 5.74) is 1.75. The van der Waals surface area contributed by atoms with Crippen LogP contribution in [0.3, 0.4) is 0 Å². The average molecular weight is 372 g/mol. The number of halogens is 3. The molecule has 4 atom stereocenters. The molecule has 0 radical (unpaired) electrons. The van der Waals surface area contributed by atoms with E-state index < -0.39 is 11.6 Å². The molecular formula is C24H27F3. The minimum atomic E-state index is -0.947. The smallest absolute Gasteiger partial charge is 0.159 e. The number of hydrogen-bond acceptors (Lipinski definition) is 0. The first-order valence-corrected chi connectivity index (χ1v) is 10.3. The topological polar surface area (TPSA) is 0 Å². The Labute approximate surface area is 159 Å². The molecule has 2 aliphatic rings. The summed E-state index contributed by atoms with van der Waals surface area (Å²) in [6, 6.07) is 8.84. The van der Waals surface area contributed by atoms with E-state index >= 15 is 0 Å². The lowest BCUT2D eigenvalue weighted by atomic mass is 9.63. The maximum absolute atomic E-state index is 14.7. The van der Waals surface area contributed by atoms with Crippen molar-refractivity contribution in [3.8, 4) is 11.1 Å². The van der Waals surface area contributed by atoms with Crippen LogP contribution in [0.4, 0.5) is 13.2 Å². The molecule has 2 saturated carbocycles. The van der Waals surface area contributed by atoms with E-state index in [-0.39, 0.29) is 5.82 Å². The molecule has 2 aliphatic carbocycles. The number of fused-ring (bicyclic) bond motifs is 1. The molecule has 2 aromatic carbocycles. The van der Waals surface area contributed by atoms with E-state index in [2.05, 4.69) is 6.92 Å². The summed E-state index contributed by atoms with van der Waals surface area (Å²) in [4.78, 5) is 0. The summed E-state index contributed by atoms with van der Waals surface area (Å²) in [5, 5.41) is 0. The molecule has 0 N–H and O–H groups in total. The van der Waals surface area contributed by atoms with E-state index in [0.717, 1.165) is 48.3 Å². The normalized spacial score (nSPS) is 28.0. The molecule has 0 spiro atoms. The van der Waals surface area contributed by atoms with Gasteiger partial charge in [-0.2, -0.15) is 0 Å². The monoisotopic (exact) mass is 372 g/mol. The molecule has 0 amide bonds. The van der Waals surface area contributed by atoms with Gasteiger partial charge in [0.1, 0.15) is 5.82 Å². The molecule has 2 fully saturated rings. The van der Waals surface area contributed by atoms with Gasteiger partial charge in [-0.1, -0.05) is 38.0 Å². The zero-order valence-electron chi connectivity index (χ0n) is 15.9. The van der Waals surface area contributed by atoms with Gasteiger partial charge >= 0.3 is 0 Å². The van der Waals surface area contributed by atoms with Crippen LogP contribution in [0.5, 0.6) is 0 Å². The van der Waals surface area contributed by atoms with Crippen molar-refractivity contribution in [1.82, 2.24) is 0 Å². The molecule has 4 rings (SSSR count). The Morgan fingerprint density at radius 3 is 2.30 bits per heavy atom. The summed E-state index contributed by atoms with van der Waals surface area (Å²) in [5.74, 6) is 0.734. The quantitative estimate of drug-likeness (QED) is 0.524. The van der Waals surface area contributed by atoms with Crippen molar-refractivity contribution in [2.75, 3.05) is 0 Å². The maximum atomic E-state index is 14.7. The Bertz CT molecular complexity index is 813. The fourth-order valence-corrected chi connectivity index (χ4v) is 5.34. The van der Waals surface area contributed by atoms with Gasteiger partial charge in [-0.15, -0.1) is 0 Å². The van der Waals surface area contributed by atoms with Gasteiger partial charge in [0.2, 0.25) is 0 Å². The average Bonchev–Trinajstić information content (AvgIpc) is 2.69. The van der Waals surface area contributed by atoms with Gasteiger partial charge in [-0.3, -0.25) is 0 Å². The molecule has 144 valence electrons. The van der Waals surface area contributed by atoms with Crippen LogP contribution in [0.25, 0.3) is 11.1 Å². The van der Waals surface area contributed by atoms with Crippen molar-refractivity contribution in [2.45, 2.75) is 57.8 Å². The highest BCUT2D eigenvalue weighted by Crippen LogP contribution is 2.48. The van der Waals surface area contributed by atoms with Crippen molar-refractivity contribution in [1.29, 1.82) is 0 Å². The minimum absolute atomic E-state index is 0.329. The predicted molar refractivity (Wildman–Crippen MR) is 103 cm³/mol. The fourth-order valence-electron chi connectivity index (χ4n) is 5.34. The third kappa shape index (κ3) is 3.79. The Balaban J connectivity index is 1.50. The van der Waals surface area contributed by atoms with E-state index in [1.54, 1.807) is 12.1 Å². The first kappa shape index (κ1) is 18.6. The van der Waals surface area contributed by atoms with E-state index in [0.29, 0.717) is 17.0 Å². The number of hydrogen-bond donors (Lipinski definition) is 0. The molecule has 27 heavy (non-hydrogen) atoms. The second-order valence-corrected chi connectivity index (χ2v) is 8.49. The van der Waals surface area contributed by atoms with E-state index in [1.165, 1.54) is 38.2 Å². The Morgan fingerprint density at radius 2 is 1.56 bits per heavy atom. The molecule has 4 unspecified atom stereocenters. The van der Waals surface area contributed by atoms with E-state index in [4.69, 9.17) is 0 Å². The first-order chi connectivity index (χ1) is 13.0. The summed E-state index contributed by atoms with van der Waals surface area (Å²) in [6.45, 7) is 2.30. The van der Waals surface area contributed by atoms with Crippen LogP contribution < -0.4 is 0 Å². The standard InChI is InChI=1S/C24H27F3/c1-2-15-3-4-17-12-18(6-5-16(17)11-15)19-7-9-21(23(26)13-19)20-8-10-22(25)24(27)14-20/h7-10,13-18H,2-6,11-12H2,1H3. The Kier molecular flexibility index (Phi) is 5.29. The van der Waals surface area contributed by atoms with Crippen LogP contribution in [-0.2, 0) is 0 Å². The molecule has 0 saturated heterocycles. The molecule has 3 heteroatoms. The minimum Gasteiger partial charge on any atom is -0.206 e. The maximum Gasteiger partial charge on any atom is 0.159 e. The molecule has 0 aromatic heterocycles. The van der Waals surface area contributed by atoms with Gasteiger partial charge in [0.05, 0.1) is 0 Å². The zero-order chi connectivity index (χ0) is 19.0. The van der Waals surface area contributed by atoms with Gasteiger partial charge in [0.15, 0.2) is 11.6 Å². The third-order valence-electron chi connectivity index (χ3n) is 6.99. The van der Waals surface area contributed by atoms with Crippen molar-refractivity contribution < 1.29 is 13.2 Å². The van der Waals surface area contributed by atoms with Crippen LogP contribution in [0.15, 0.2) is 36.4 Å². The Morgan fingerprint density at radius 1 is 0.778 bits per heavy atom. The predicted octanol–water partition coefficient (Wildman–Crippen LogP) is 7.48. The first-order valence-electron chi connectivity index (χ1n) is 10.3. The van der Waals surface area contributed by atoms with Crippen molar-refractivity contribution in [3.05, 3.63) is 59.4 Å². The lowest BCUT2D eigenvalue weighted by molar-refractivity contribution is 0.116. The molecule has 0 nitrogen and oxygen atoms in total. The largest absolute Gasteiger partial charge is 0.206 e. The summed E-state index contributed by atoms with van der Waals surface area (Å²) in [6.07, 6.45) is 8.86. The molecule has 0 aliphatic heterocycles. The summed E-state index contributed by atoms with van der Waals surface area (Å²) < 4.78 is 41.4. The van der Waals surface area contributed by atoms with Crippen LogP contribution in [0.1, 0.15) is 63.4 Å². The van der Waals surface area contributed by atoms with Crippen LogP contribution >= 0.6 is 0 Å². The second kappa shape index (κ2) is 7.69. The van der Waals surface area contributed by atoms with Gasteiger partial charge in [0, 0.05) is 5.56 Å². The number of rotatable bonds is 3. The SMILES string of the molecule is CCC1CCC2CC(c3ccc(-c4ccc(F)c(F)c4)c(F)c3)CCC2C1. The van der Waals surface area contributed by atoms with Crippen LogP contribution in [0.2, 0.25) is 0 Å². The molecule has 2 aromatic rings.